The molecule has 2 aromatic rings. The number of ether oxygens (including phenoxy) is 2. The zero-order valence-electron chi connectivity index (χ0n) is 12.8. The van der Waals surface area contributed by atoms with E-state index in [0.717, 1.165) is 25.0 Å². The molecule has 3 rings (SSSR count). The lowest BCUT2D eigenvalue weighted by Crippen LogP contribution is -2.16. The molecule has 1 heterocycles. The van der Waals surface area contributed by atoms with Gasteiger partial charge in [0, 0.05) is 22.8 Å². The maximum atomic E-state index is 14.2. The third kappa shape index (κ3) is 3.59. The third-order valence-corrected chi connectivity index (χ3v) is 4.37. The Bertz CT molecular complexity index is 712. The van der Waals surface area contributed by atoms with Crippen molar-refractivity contribution in [1.82, 2.24) is 0 Å². The number of halogens is 2. The lowest BCUT2D eigenvalue weighted by molar-refractivity contribution is 0.0679. The smallest absolute Gasteiger partial charge is 0.131 e. The zero-order valence-corrected chi connectivity index (χ0v) is 13.6. The van der Waals surface area contributed by atoms with Crippen LogP contribution in [0.15, 0.2) is 30.3 Å². The van der Waals surface area contributed by atoms with Crippen molar-refractivity contribution in [2.45, 2.75) is 25.9 Å². The second-order valence-electron chi connectivity index (χ2n) is 5.71. The van der Waals surface area contributed by atoms with Gasteiger partial charge in [0.05, 0.1) is 6.10 Å². The van der Waals surface area contributed by atoms with Crippen LogP contribution in [0.4, 0.5) is 4.39 Å². The molecule has 0 saturated carbocycles. The number of rotatable bonds is 4. The largest absolute Gasteiger partial charge is 0.507 e. The van der Waals surface area contributed by atoms with Crippen molar-refractivity contribution in [3.8, 4) is 22.6 Å². The van der Waals surface area contributed by atoms with Crippen LogP contribution >= 0.6 is 11.6 Å². The highest BCUT2D eigenvalue weighted by Crippen LogP contribution is 2.36. The van der Waals surface area contributed by atoms with Gasteiger partial charge in [-0.25, -0.2) is 4.39 Å². The molecule has 5 heteroatoms. The molecule has 122 valence electrons. The molecule has 1 aliphatic rings. The van der Waals surface area contributed by atoms with Crippen LogP contribution in [0.5, 0.6) is 11.5 Å². The van der Waals surface area contributed by atoms with Gasteiger partial charge < -0.3 is 14.6 Å². The van der Waals surface area contributed by atoms with Crippen LogP contribution in [0, 0.1) is 12.7 Å². The van der Waals surface area contributed by atoms with E-state index in [1.165, 1.54) is 12.1 Å². The van der Waals surface area contributed by atoms with E-state index < -0.39 is 5.82 Å². The summed E-state index contributed by atoms with van der Waals surface area (Å²) < 4.78 is 25.4. The standard InChI is InChI=1S/C18H18ClFO3/c1-11-7-18(21)15(9-16(11)19)14-8-12(4-5-17(14)20)23-10-13-3-2-6-22-13/h4-5,7-9,13,21H,2-3,6,10H2,1H3. The molecular formula is C18H18ClFO3. The van der Waals surface area contributed by atoms with Crippen molar-refractivity contribution in [2.24, 2.45) is 0 Å². The van der Waals surface area contributed by atoms with Gasteiger partial charge in [-0.3, -0.25) is 0 Å². The fraction of sp³-hybridized carbons (Fsp3) is 0.333. The van der Waals surface area contributed by atoms with Gasteiger partial charge in [-0.1, -0.05) is 11.6 Å². The zero-order chi connectivity index (χ0) is 16.4. The minimum Gasteiger partial charge on any atom is -0.507 e. The number of phenolic OH excluding ortho intramolecular Hbond substituents is 1. The minimum absolute atomic E-state index is 0.0120. The summed E-state index contributed by atoms with van der Waals surface area (Å²) in [6.07, 6.45) is 2.10. The van der Waals surface area contributed by atoms with Gasteiger partial charge in [0.15, 0.2) is 0 Å². The predicted octanol–water partition coefficient (Wildman–Crippen LogP) is 4.72. The first kappa shape index (κ1) is 16.1. The van der Waals surface area contributed by atoms with E-state index in [1.54, 1.807) is 25.1 Å². The van der Waals surface area contributed by atoms with E-state index in [9.17, 15) is 9.50 Å². The molecule has 0 radical (unpaired) electrons. The van der Waals surface area contributed by atoms with Crippen molar-refractivity contribution >= 4 is 11.6 Å². The maximum absolute atomic E-state index is 14.2. The summed E-state index contributed by atoms with van der Waals surface area (Å²) in [5.74, 6) is 0.0831. The van der Waals surface area contributed by atoms with Crippen molar-refractivity contribution in [2.75, 3.05) is 13.2 Å². The van der Waals surface area contributed by atoms with Gasteiger partial charge in [-0.15, -0.1) is 0 Å². The Morgan fingerprint density at radius 2 is 2.13 bits per heavy atom. The average Bonchev–Trinajstić information content (AvgIpc) is 3.04. The van der Waals surface area contributed by atoms with Crippen molar-refractivity contribution in [3.05, 3.63) is 46.7 Å². The second-order valence-corrected chi connectivity index (χ2v) is 6.11. The highest BCUT2D eigenvalue weighted by Gasteiger charge is 2.17. The number of phenols is 1. The lowest BCUT2D eigenvalue weighted by Gasteiger charge is -2.14. The van der Waals surface area contributed by atoms with E-state index in [-0.39, 0.29) is 17.4 Å². The molecular weight excluding hydrogens is 319 g/mol. The van der Waals surface area contributed by atoms with Crippen LogP contribution in [0.2, 0.25) is 5.02 Å². The minimum atomic E-state index is -0.440. The Morgan fingerprint density at radius 1 is 1.30 bits per heavy atom. The topological polar surface area (TPSA) is 38.7 Å². The maximum Gasteiger partial charge on any atom is 0.131 e. The van der Waals surface area contributed by atoms with Crippen LogP contribution in [-0.4, -0.2) is 24.4 Å². The Hall–Kier alpha value is -1.78. The first-order valence-corrected chi connectivity index (χ1v) is 7.96. The third-order valence-electron chi connectivity index (χ3n) is 3.96. The molecule has 1 saturated heterocycles. The van der Waals surface area contributed by atoms with Gasteiger partial charge >= 0.3 is 0 Å². The first-order valence-electron chi connectivity index (χ1n) is 7.58. The van der Waals surface area contributed by atoms with Crippen molar-refractivity contribution in [3.63, 3.8) is 0 Å². The first-order chi connectivity index (χ1) is 11.0. The fourth-order valence-electron chi connectivity index (χ4n) is 2.65. The van der Waals surface area contributed by atoms with Crippen LogP contribution in [0.1, 0.15) is 18.4 Å². The van der Waals surface area contributed by atoms with Crippen LogP contribution in [0.3, 0.4) is 0 Å². The van der Waals surface area contributed by atoms with Crippen molar-refractivity contribution in [1.29, 1.82) is 0 Å². The van der Waals surface area contributed by atoms with E-state index in [0.29, 0.717) is 22.9 Å². The average molecular weight is 337 g/mol. The molecule has 0 spiro atoms. The van der Waals surface area contributed by atoms with E-state index in [2.05, 4.69) is 0 Å². The lowest BCUT2D eigenvalue weighted by atomic mass is 10.0. The summed E-state index contributed by atoms with van der Waals surface area (Å²) in [7, 11) is 0. The van der Waals surface area contributed by atoms with Crippen LogP contribution in [0.25, 0.3) is 11.1 Å². The molecule has 0 amide bonds. The number of hydrogen-bond acceptors (Lipinski definition) is 3. The Labute approximate surface area is 139 Å². The summed E-state index contributed by atoms with van der Waals surface area (Å²) in [5, 5.41) is 10.6. The molecule has 1 atom stereocenters. The van der Waals surface area contributed by atoms with E-state index >= 15 is 0 Å². The number of aromatic hydroxyl groups is 1. The Balaban J connectivity index is 1.87. The summed E-state index contributed by atoms with van der Waals surface area (Å²) in [4.78, 5) is 0. The number of hydrogen-bond donors (Lipinski definition) is 1. The summed E-state index contributed by atoms with van der Waals surface area (Å²) in [6, 6.07) is 7.56. The highest BCUT2D eigenvalue weighted by molar-refractivity contribution is 6.31. The molecule has 0 bridgehead atoms. The molecule has 1 N–H and O–H groups in total. The summed E-state index contributed by atoms with van der Waals surface area (Å²) in [5.41, 5.74) is 1.34. The molecule has 3 nitrogen and oxygen atoms in total. The van der Waals surface area contributed by atoms with Crippen LogP contribution in [-0.2, 0) is 4.74 Å². The fourth-order valence-corrected chi connectivity index (χ4v) is 2.81. The van der Waals surface area contributed by atoms with Gasteiger partial charge in [0.1, 0.15) is 23.9 Å². The molecule has 23 heavy (non-hydrogen) atoms. The molecule has 1 fully saturated rings. The van der Waals surface area contributed by atoms with Gasteiger partial charge in [0.25, 0.3) is 0 Å². The van der Waals surface area contributed by atoms with Gasteiger partial charge in [-0.2, -0.15) is 0 Å². The second kappa shape index (κ2) is 6.77. The quantitative estimate of drug-likeness (QED) is 0.878. The van der Waals surface area contributed by atoms with Gasteiger partial charge in [-0.05, 0) is 55.7 Å². The Kier molecular flexibility index (Phi) is 4.74. The van der Waals surface area contributed by atoms with Crippen LogP contribution < -0.4 is 4.74 Å². The molecule has 0 aromatic heterocycles. The molecule has 2 aromatic carbocycles. The summed E-state index contributed by atoms with van der Waals surface area (Å²) in [6.45, 7) is 2.98. The normalized spacial score (nSPS) is 17.4. The van der Waals surface area contributed by atoms with E-state index in [4.69, 9.17) is 21.1 Å². The Morgan fingerprint density at radius 3 is 2.87 bits per heavy atom. The predicted molar refractivity (Wildman–Crippen MR) is 87.7 cm³/mol. The van der Waals surface area contributed by atoms with Crippen molar-refractivity contribution < 1.29 is 19.0 Å². The summed E-state index contributed by atoms with van der Waals surface area (Å²) >= 11 is 6.09. The highest BCUT2D eigenvalue weighted by atomic mass is 35.5. The van der Waals surface area contributed by atoms with Gasteiger partial charge in [0.2, 0.25) is 0 Å². The monoisotopic (exact) mass is 336 g/mol. The van der Waals surface area contributed by atoms with E-state index in [1.807, 2.05) is 0 Å². The molecule has 0 aliphatic carbocycles. The SMILES string of the molecule is Cc1cc(O)c(-c2cc(OCC3CCCO3)ccc2F)cc1Cl. The molecule has 1 aliphatic heterocycles. The number of aryl methyl sites for hydroxylation is 1. The number of benzene rings is 2. The molecule has 1 unspecified atom stereocenters.